The zero-order valence-corrected chi connectivity index (χ0v) is 13.0. The lowest BCUT2D eigenvalue weighted by Crippen LogP contribution is -2.33. The number of aromatic nitrogens is 5. The van der Waals surface area contributed by atoms with Crippen molar-refractivity contribution in [2.75, 3.05) is 0 Å². The van der Waals surface area contributed by atoms with Gasteiger partial charge in [0.2, 0.25) is 5.91 Å². The number of nitrogens with zero attached hydrogens (tertiary/aromatic N) is 5. The van der Waals surface area contributed by atoms with Gasteiger partial charge in [-0.05, 0) is 37.6 Å². The minimum absolute atomic E-state index is 0.104. The molecule has 23 heavy (non-hydrogen) atoms. The third kappa shape index (κ3) is 3.28. The molecule has 3 rings (SSSR count). The van der Waals surface area contributed by atoms with Crippen LogP contribution < -0.4 is 5.32 Å². The molecule has 7 heteroatoms. The van der Waals surface area contributed by atoms with Gasteiger partial charge in [-0.1, -0.05) is 12.1 Å². The Labute approximate surface area is 134 Å². The zero-order valence-electron chi connectivity index (χ0n) is 13.0. The van der Waals surface area contributed by atoms with Gasteiger partial charge in [-0.3, -0.25) is 4.79 Å². The summed E-state index contributed by atoms with van der Waals surface area (Å²) >= 11 is 0. The number of hydrogen-bond donors (Lipinski definition) is 1. The van der Waals surface area contributed by atoms with Crippen LogP contribution in [-0.2, 0) is 4.79 Å². The molecule has 2 atom stereocenters. The molecule has 0 bridgehead atoms. The van der Waals surface area contributed by atoms with Crippen LogP contribution in [0.1, 0.15) is 31.5 Å². The minimum atomic E-state index is -0.408. The maximum absolute atomic E-state index is 12.3. The number of nitrogens with one attached hydrogen (secondary N) is 1. The standard InChI is InChI=1S/C16H18N6O/c1-12(20-16(23)13(2)22-11-17-10-19-22)14-5-3-6-15(9-14)21-8-4-7-18-21/h3-13H,1-2H3,(H,20,23)/t12-,13+/m1/s1. The molecule has 0 aliphatic rings. The molecule has 0 fully saturated rings. The van der Waals surface area contributed by atoms with Gasteiger partial charge >= 0.3 is 0 Å². The summed E-state index contributed by atoms with van der Waals surface area (Å²) in [5.41, 5.74) is 1.97. The first-order valence-corrected chi connectivity index (χ1v) is 7.39. The van der Waals surface area contributed by atoms with E-state index in [1.54, 1.807) is 17.8 Å². The quantitative estimate of drug-likeness (QED) is 0.781. The molecule has 3 aromatic rings. The Morgan fingerprint density at radius 3 is 2.78 bits per heavy atom. The number of amides is 1. The molecule has 0 unspecified atom stereocenters. The van der Waals surface area contributed by atoms with Gasteiger partial charge < -0.3 is 5.32 Å². The normalized spacial score (nSPS) is 13.5. The van der Waals surface area contributed by atoms with Gasteiger partial charge in [0.25, 0.3) is 0 Å². The van der Waals surface area contributed by atoms with Crippen molar-refractivity contribution in [1.82, 2.24) is 29.9 Å². The van der Waals surface area contributed by atoms with Gasteiger partial charge in [0.1, 0.15) is 18.7 Å². The van der Waals surface area contributed by atoms with Crippen LogP contribution in [0.25, 0.3) is 5.69 Å². The fraction of sp³-hybridized carbons (Fsp3) is 0.250. The van der Waals surface area contributed by atoms with Crippen LogP contribution in [-0.4, -0.2) is 30.5 Å². The summed E-state index contributed by atoms with van der Waals surface area (Å²) < 4.78 is 3.32. The van der Waals surface area contributed by atoms with Crippen molar-refractivity contribution in [3.05, 3.63) is 60.9 Å². The van der Waals surface area contributed by atoms with Crippen molar-refractivity contribution in [2.24, 2.45) is 0 Å². The molecule has 0 aliphatic heterocycles. The van der Waals surface area contributed by atoms with Crippen molar-refractivity contribution in [3.8, 4) is 5.69 Å². The average molecular weight is 310 g/mol. The highest BCUT2D eigenvalue weighted by molar-refractivity contribution is 5.80. The van der Waals surface area contributed by atoms with E-state index in [1.165, 1.54) is 17.3 Å². The van der Waals surface area contributed by atoms with E-state index in [0.717, 1.165) is 11.3 Å². The van der Waals surface area contributed by atoms with Crippen LogP contribution in [0, 0.1) is 0 Å². The smallest absolute Gasteiger partial charge is 0.245 e. The summed E-state index contributed by atoms with van der Waals surface area (Å²) in [7, 11) is 0. The fourth-order valence-corrected chi connectivity index (χ4v) is 2.31. The zero-order chi connectivity index (χ0) is 16.2. The Balaban J connectivity index is 1.72. The van der Waals surface area contributed by atoms with Gasteiger partial charge in [-0.15, -0.1) is 0 Å². The number of carbonyl (C=O) groups is 1. The van der Waals surface area contributed by atoms with Crippen LogP contribution in [0.2, 0.25) is 0 Å². The van der Waals surface area contributed by atoms with E-state index in [9.17, 15) is 4.79 Å². The minimum Gasteiger partial charge on any atom is -0.348 e. The molecular weight excluding hydrogens is 292 g/mol. The molecule has 7 nitrogen and oxygen atoms in total. The Kier molecular flexibility index (Phi) is 4.18. The maximum atomic E-state index is 12.3. The van der Waals surface area contributed by atoms with Crippen LogP contribution in [0.4, 0.5) is 0 Å². The molecule has 2 heterocycles. The van der Waals surface area contributed by atoms with Crippen molar-refractivity contribution in [2.45, 2.75) is 25.9 Å². The highest BCUT2D eigenvalue weighted by Crippen LogP contribution is 2.17. The lowest BCUT2D eigenvalue weighted by atomic mass is 10.1. The van der Waals surface area contributed by atoms with Crippen molar-refractivity contribution in [3.63, 3.8) is 0 Å². The predicted octanol–water partition coefficient (Wildman–Crippen LogP) is 1.90. The highest BCUT2D eigenvalue weighted by Gasteiger charge is 2.18. The van der Waals surface area contributed by atoms with Gasteiger partial charge in [0.05, 0.1) is 11.7 Å². The van der Waals surface area contributed by atoms with Crippen LogP contribution >= 0.6 is 0 Å². The Bertz CT molecular complexity index is 766. The van der Waals surface area contributed by atoms with Crippen molar-refractivity contribution < 1.29 is 4.79 Å². The van der Waals surface area contributed by atoms with Crippen molar-refractivity contribution >= 4 is 5.91 Å². The second kappa shape index (κ2) is 6.43. The third-order valence-corrected chi connectivity index (χ3v) is 3.71. The molecule has 0 spiro atoms. The molecule has 1 amide bonds. The van der Waals surface area contributed by atoms with Gasteiger partial charge in [0.15, 0.2) is 0 Å². The summed E-state index contributed by atoms with van der Waals surface area (Å²) in [4.78, 5) is 16.2. The summed E-state index contributed by atoms with van der Waals surface area (Å²) in [6.07, 6.45) is 6.57. The summed E-state index contributed by atoms with van der Waals surface area (Å²) in [5, 5.41) is 11.2. The highest BCUT2D eigenvalue weighted by atomic mass is 16.2. The van der Waals surface area contributed by atoms with Crippen LogP contribution in [0.5, 0.6) is 0 Å². The third-order valence-electron chi connectivity index (χ3n) is 3.71. The largest absolute Gasteiger partial charge is 0.348 e. The summed E-state index contributed by atoms with van der Waals surface area (Å²) in [5.74, 6) is -0.104. The molecule has 0 saturated heterocycles. The van der Waals surface area contributed by atoms with Crippen LogP contribution in [0.15, 0.2) is 55.4 Å². The van der Waals surface area contributed by atoms with E-state index >= 15 is 0 Å². The summed E-state index contributed by atoms with van der Waals surface area (Å²) in [6, 6.07) is 9.27. The molecule has 0 saturated carbocycles. The molecule has 118 valence electrons. The number of hydrogen-bond acceptors (Lipinski definition) is 4. The van der Waals surface area contributed by atoms with E-state index in [1.807, 2.05) is 43.5 Å². The second-order valence-corrected chi connectivity index (χ2v) is 5.33. The SMILES string of the molecule is C[C@@H](NC(=O)[C@H](C)n1cncn1)c1cccc(-n2cccn2)c1. The van der Waals surface area contributed by atoms with E-state index in [0.29, 0.717) is 0 Å². The molecule has 1 N–H and O–H groups in total. The molecule has 0 radical (unpaired) electrons. The van der Waals surface area contributed by atoms with Gasteiger partial charge in [-0.2, -0.15) is 10.2 Å². The monoisotopic (exact) mass is 310 g/mol. The Morgan fingerprint density at radius 2 is 2.09 bits per heavy atom. The van der Waals surface area contributed by atoms with Gasteiger partial charge in [0, 0.05) is 12.4 Å². The average Bonchev–Trinajstić information content (AvgIpc) is 3.27. The molecule has 2 aromatic heterocycles. The van der Waals surface area contributed by atoms with Crippen molar-refractivity contribution in [1.29, 1.82) is 0 Å². The van der Waals surface area contributed by atoms with E-state index < -0.39 is 6.04 Å². The van der Waals surface area contributed by atoms with Gasteiger partial charge in [-0.25, -0.2) is 14.3 Å². The fourth-order valence-electron chi connectivity index (χ4n) is 2.31. The first-order valence-electron chi connectivity index (χ1n) is 7.39. The van der Waals surface area contributed by atoms with Crippen LogP contribution in [0.3, 0.4) is 0 Å². The maximum Gasteiger partial charge on any atom is 0.245 e. The number of benzene rings is 1. The molecule has 1 aromatic carbocycles. The molecular formula is C16H18N6O. The molecule has 0 aliphatic carbocycles. The first kappa shape index (κ1) is 15.0. The van der Waals surface area contributed by atoms with E-state index in [2.05, 4.69) is 20.5 Å². The second-order valence-electron chi connectivity index (χ2n) is 5.33. The predicted molar refractivity (Wildman–Crippen MR) is 84.9 cm³/mol. The Hall–Kier alpha value is -2.96. The topological polar surface area (TPSA) is 77.6 Å². The number of rotatable bonds is 5. The lowest BCUT2D eigenvalue weighted by molar-refractivity contribution is -0.124. The lowest BCUT2D eigenvalue weighted by Gasteiger charge is -2.18. The summed E-state index contributed by atoms with van der Waals surface area (Å²) in [6.45, 7) is 3.74. The van der Waals surface area contributed by atoms with E-state index in [4.69, 9.17) is 0 Å². The Morgan fingerprint density at radius 1 is 1.22 bits per heavy atom. The number of carbonyl (C=O) groups excluding carboxylic acids is 1. The first-order chi connectivity index (χ1) is 11.1. The van der Waals surface area contributed by atoms with E-state index in [-0.39, 0.29) is 11.9 Å².